The first-order valence-corrected chi connectivity index (χ1v) is 10.0. The van der Waals surface area contributed by atoms with Crippen LogP contribution in [0.3, 0.4) is 0 Å². The lowest BCUT2D eigenvalue weighted by Gasteiger charge is -2.38. The van der Waals surface area contributed by atoms with Crippen LogP contribution in [0.2, 0.25) is 0 Å². The summed E-state index contributed by atoms with van der Waals surface area (Å²) in [5.74, 6) is 3.94. The van der Waals surface area contributed by atoms with Gasteiger partial charge in [0.1, 0.15) is 0 Å². The molecule has 23 heavy (non-hydrogen) atoms. The number of benzene rings is 1. The van der Waals surface area contributed by atoms with E-state index in [1.165, 1.54) is 69.8 Å². The molecule has 2 aliphatic rings. The van der Waals surface area contributed by atoms with E-state index in [-0.39, 0.29) is 0 Å². The van der Waals surface area contributed by atoms with E-state index >= 15 is 0 Å². The van der Waals surface area contributed by atoms with Gasteiger partial charge >= 0.3 is 0 Å². The first-order valence-electron chi connectivity index (χ1n) is 10.0. The lowest BCUT2D eigenvalue weighted by atomic mass is 9.68. The molecule has 1 aromatic carbocycles. The van der Waals surface area contributed by atoms with Gasteiger partial charge in [0.2, 0.25) is 0 Å². The fourth-order valence-corrected chi connectivity index (χ4v) is 5.18. The maximum absolute atomic E-state index is 3.85. The molecule has 0 amide bonds. The Morgan fingerprint density at radius 3 is 1.96 bits per heavy atom. The van der Waals surface area contributed by atoms with Gasteiger partial charge in [0.15, 0.2) is 0 Å². The highest BCUT2D eigenvalue weighted by molar-refractivity contribution is 5.47. The van der Waals surface area contributed by atoms with Crippen molar-refractivity contribution in [2.24, 2.45) is 17.8 Å². The molecule has 126 valence electrons. The van der Waals surface area contributed by atoms with Gasteiger partial charge in [-0.1, -0.05) is 69.5 Å². The minimum absolute atomic E-state index is 0.807. The second kappa shape index (κ2) is 8.18. The Morgan fingerprint density at radius 1 is 0.870 bits per heavy atom. The van der Waals surface area contributed by atoms with E-state index in [0.29, 0.717) is 0 Å². The molecule has 2 fully saturated rings. The molecule has 3 rings (SSSR count). The van der Waals surface area contributed by atoms with Gasteiger partial charge in [-0.25, -0.2) is 0 Å². The molecule has 0 nitrogen and oxygen atoms in total. The van der Waals surface area contributed by atoms with Crippen LogP contribution in [-0.2, 0) is 0 Å². The highest BCUT2D eigenvalue weighted by Crippen LogP contribution is 2.44. The van der Waals surface area contributed by atoms with Crippen molar-refractivity contribution in [1.82, 2.24) is 0 Å². The summed E-state index contributed by atoms with van der Waals surface area (Å²) in [6.45, 7) is 6.19. The van der Waals surface area contributed by atoms with Gasteiger partial charge in [-0.05, 0) is 73.3 Å². The fourth-order valence-electron chi connectivity index (χ4n) is 5.18. The van der Waals surface area contributed by atoms with Gasteiger partial charge in [-0.3, -0.25) is 0 Å². The lowest BCUT2D eigenvalue weighted by molar-refractivity contribution is 0.156. The summed E-state index contributed by atoms with van der Waals surface area (Å²) < 4.78 is 0. The smallest absolute Gasteiger partial charge is 0.0162 e. The molecule has 0 aromatic heterocycles. The van der Waals surface area contributed by atoms with Gasteiger partial charge < -0.3 is 0 Å². The summed E-state index contributed by atoms with van der Waals surface area (Å²) in [6, 6.07) is 9.11. The Bertz CT molecular complexity index is 467. The first kappa shape index (κ1) is 16.8. The van der Waals surface area contributed by atoms with Crippen molar-refractivity contribution in [3.05, 3.63) is 42.0 Å². The van der Waals surface area contributed by atoms with E-state index in [4.69, 9.17) is 0 Å². The summed E-state index contributed by atoms with van der Waals surface area (Å²) >= 11 is 0. The number of hydrogen-bond acceptors (Lipinski definition) is 0. The topological polar surface area (TPSA) is 0 Å². The van der Waals surface area contributed by atoms with Gasteiger partial charge in [0.25, 0.3) is 0 Å². The van der Waals surface area contributed by atoms with Crippen LogP contribution in [-0.4, -0.2) is 0 Å². The van der Waals surface area contributed by atoms with Crippen LogP contribution < -0.4 is 0 Å². The predicted molar refractivity (Wildman–Crippen MR) is 102 cm³/mol. The lowest BCUT2D eigenvalue weighted by Crippen LogP contribution is -2.25. The third-order valence-electron chi connectivity index (χ3n) is 6.67. The zero-order chi connectivity index (χ0) is 16.1. The standard InChI is InChI=1S/C23H34/c1-3-5-19-8-12-21(13-9-19)23-16-14-22(15-17-23)20-10-6-18(4-2)7-11-20/h4,6-7,10-11,19,21-23H,2-3,5,8-9,12-17H2,1H3. The van der Waals surface area contributed by atoms with Crippen molar-refractivity contribution < 1.29 is 0 Å². The Hall–Kier alpha value is -1.04. The maximum Gasteiger partial charge on any atom is -0.0162 e. The van der Waals surface area contributed by atoms with E-state index in [1.54, 1.807) is 5.56 Å². The van der Waals surface area contributed by atoms with Gasteiger partial charge in [-0.2, -0.15) is 0 Å². The average molecular weight is 311 g/mol. The number of rotatable bonds is 5. The van der Waals surface area contributed by atoms with Crippen molar-refractivity contribution in [2.45, 2.75) is 77.0 Å². The van der Waals surface area contributed by atoms with Crippen molar-refractivity contribution in [3.8, 4) is 0 Å². The highest BCUT2D eigenvalue weighted by atomic mass is 14.4. The molecular weight excluding hydrogens is 276 g/mol. The van der Waals surface area contributed by atoms with E-state index in [1.807, 2.05) is 6.08 Å². The fraction of sp³-hybridized carbons (Fsp3) is 0.652. The SMILES string of the molecule is C=Cc1ccc(C2CCC(C3CCC(CCC)CC3)CC2)cc1. The van der Waals surface area contributed by atoms with Crippen molar-refractivity contribution >= 4 is 6.08 Å². The molecule has 0 heterocycles. The minimum Gasteiger partial charge on any atom is -0.0985 e. The molecule has 0 spiro atoms. The van der Waals surface area contributed by atoms with Crippen LogP contribution in [0.4, 0.5) is 0 Å². The van der Waals surface area contributed by atoms with Crippen molar-refractivity contribution in [2.75, 3.05) is 0 Å². The first-order chi connectivity index (χ1) is 11.3. The second-order valence-corrected chi connectivity index (χ2v) is 8.05. The summed E-state index contributed by atoms with van der Waals surface area (Å²) in [4.78, 5) is 0. The molecule has 0 saturated heterocycles. The van der Waals surface area contributed by atoms with E-state index in [2.05, 4.69) is 37.8 Å². The largest absolute Gasteiger partial charge is 0.0985 e. The average Bonchev–Trinajstić information content (AvgIpc) is 2.63. The summed E-state index contributed by atoms with van der Waals surface area (Å²) in [5.41, 5.74) is 2.80. The highest BCUT2D eigenvalue weighted by Gasteiger charge is 2.30. The summed E-state index contributed by atoms with van der Waals surface area (Å²) in [6.07, 6.45) is 16.6. The Labute approximate surface area is 143 Å². The Morgan fingerprint density at radius 2 is 1.43 bits per heavy atom. The number of hydrogen-bond donors (Lipinski definition) is 0. The normalized spacial score (nSPS) is 31.7. The third kappa shape index (κ3) is 4.28. The van der Waals surface area contributed by atoms with E-state index < -0.39 is 0 Å². The predicted octanol–water partition coefficient (Wildman–Crippen LogP) is 7.21. The molecule has 0 unspecified atom stereocenters. The monoisotopic (exact) mass is 310 g/mol. The Kier molecular flexibility index (Phi) is 5.97. The van der Waals surface area contributed by atoms with Crippen LogP contribution in [0.15, 0.2) is 30.8 Å². The van der Waals surface area contributed by atoms with Gasteiger partial charge in [0, 0.05) is 0 Å². The summed E-state index contributed by atoms with van der Waals surface area (Å²) in [5, 5.41) is 0. The molecule has 2 saturated carbocycles. The maximum atomic E-state index is 3.85. The van der Waals surface area contributed by atoms with Crippen molar-refractivity contribution in [1.29, 1.82) is 0 Å². The minimum atomic E-state index is 0.807. The van der Waals surface area contributed by atoms with Gasteiger partial charge in [-0.15, -0.1) is 0 Å². The van der Waals surface area contributed by atoms with Crippen molar-refractivity contribution in [3.63, 3.8) is 0 Å². The zero-order valence-electron chi connectivity index (χ0n) is 15.0. The molecule has 0 aliphatic heterocycles. The molecular formula is C23H34. The molecule has 0 heteroatoms. The molecule has 0 atom stereocenters. The Balaban J connectivity index is 1.47. The van der Waals surface area contributed by atoms with Crippen LogP contribution in [0.25, 0.3) is 6.08 Å². The van der Waals surface area contributed by atoms with Crippen LogP contribution >= 0.6 is 0 Å². The van der Waals surface area contributed by atoms with Crippen LogP contribution in [0.1, 0.15) is 88.2 Å². The second-order valence-electron chi connectivity index (χ2n) is 8.05. The van der Waals surface area contributed by atoms with Crippen LogP contribution in [0, 0.1) is 17.8 Å². The van der Waals surface area contributed by atoms with Gasteiger partial charge in [0.05, 0.1) is 0 Å². The third-order valence-corrected chi connectivity index (χ3v) is 6.67. The van der Waals surface area contributed by atoms with E-state index in [0.717, 1.165) is 23.7 Å². The molecule has 1 aromatic rings. The molecule has 0 N–H and O–H groups in total. The molecule has 0 bridgehead atoms. The molecule has 2 aliphatic carbocycles. The quantitative estimate of drug-likeness (QED) is 0.539. The summed E-state index contributed by atoms with van der Waals surface area (Å²) in [7, 11) is 0. The van der Waals surface area contributed by atoms with E-state index in [9.17, 15) is 0 Å². The van der Waals surface area contributed by atoms with Crippen LogP contribution in [0.5, 0.6) is 0 Å². The zero-order valence-corrected chi connectivity index (χ0v) is 15.0. The molecule has 0 radical (unpaired) electrons.